The van der Waals surface area contributed by atoms with Gasteiger partial charge in [-0.1, -0.05) is 30.3 Å². The van der Waals surface area contributed by atoms with Gasteiger partial charge in [0.05, 0.1) is 4.47 Å². The minimum Gasteiger partial charge on any atom is -0.423 e. The van der Waals surface area contributed by atoms with Gasteiger partial charge < -0.3 is 9.47 Å². The molecule has 2 aromatic carbocycles. The lowest BCUT2D eigenvalue weighted by Crippen LogP contribution is -2.24. The quantitative estimate of drug-likeness (QED) is 0.625. The molecule has 0 unspecified atom stereocenters. The number of rotatable bonds is 2. The summed E-state index contributed by atoms with van der Waals surface area (Å²) in [5.41, 5.74) is 0. The van der Waals surface area contributed by atoms with Gasteiger partial charge >= 0.3 is 5.97 Å². The van der Waals surface area contributed by atoms with Crippen LogP contribution in [0.4, 0.5) is 0 Å². The first kappa shape index (κ1) is 12.6. The van der Waals surface area contributed by atoms with Crippen molar-refractivity contribution in [3.8, 4) is 5.75 Å². The van der Waals surface area contributed by atoms with Gasteiger partial charge in [-0.3, -0.25) is 0 Å². The lowest BCUT2D eigenvalue weighted by molar-refractivity contribution is -0.144. The Labute approximate surface area is 119 Å². The highest BCUT2D eigenvalue weighted by Gasteiger charge is 2.26. The lowest BCUT2D eigenvalue weighted by atomic mass is 10.1. The van der Waals surface area contributed by atoms with E-state index in [1.807, 2.05) is 30.3 Å². The zero-order chi connectivity index (χ0) is 13.2. The van der Waals surface area contributed by atoms with E-state index in [4.69, 9.17) is 9.47 Å². The fourth-order valence-corrected chi connectivity index (χ4v) is 2.80. The minimum absolute atomic E-state index is 0.312. The van der Waals surface area contributed by atoms with Gasteiger partial charge in [0.25, 0.3) is 0 Å². The van der Waals surface area contributed by atoms with Gasteiger partial charge in [0.15, 0.2) is 6.10 Å². The Morgan fingerprint density at radius 1 is 1.26 bits per heavy atom. The molecule has 0 aromatic heterocycles. The van der Waals surface area contributed by atoms with E-state index >= 15 is 0 Å². The number of ether oxygens (including phenoxy) is 2. The summed E-state index contributed by atoms with van der Waals surface area (Å²) in [7, 11) is 0. The first-order valence-corrected chi connectivity index (χ1v) is 7.05. The van der Waals surface area contributed by atoms with Crippen LogP contribution in [-0.4, -0.2) is 18.7 Å². The van der Waals surface area contributed by atoms with Crippen molar-refractivity contribution in [3.05, 3.63) is 40.9 Å². The summed E-state index contributed by atoms with van der Waals surface area (Å²) < 4.78 is 11.6. The average molecular weight is 321 g/mol. The third kappa shape index (κ3) is 2.51. The molecule has 3 rings (SSSR count). The third-order valence-electron chi connectivity index (χ3n) is 3.23. The van der Waals surface area contributed by atoms with Gasteiger partial charge in [-0.2, -0.15) is 0 Å². The fourth-order valence-electron chi connectivity index (χ4n) is 2.23. The van der Waals surface area contributed by atoms with Crippen molar-refractivity contribution >= 4 is 32.7 Å². The number of carbonyl (C=O) groups is 1. The van der Waals surface area contributed by atoms with Crippen molar-refractivity contribution in [2.45, 2.75) is 18.9 Å². The largest absolute Gasteiger partial charge is 0.423 e. The standard InChI is InChI=1S/C15H13BrO3/c16-14-11-5-2-1-4-10(11)7-8-12(14)19-15(17)13-6-3-9-18-13/h1-2,4-5,7-8,13H,3,6,9H2/t13-/m0/s1. The van der Waals surface area contributed by atoms with E-state index < -0.39 is 6.10 Å². The number of halogens is 1. The Bertz CT molecular complexity index is 618. The van der Waals surface area contributed by atoms with Gasteiger partial charge in [0.1, 0.15) is 5.75 Å². The SMILES string of the molecule is O=C(Oc1ccc2ccccc2c1Br)[C@@H]1CCCO1. The predicted molar refractivity (Wildman–Crippen MR) is 76.3 cm³/mol. The van der Waals surface area contributed by atoms with Gasteiger partial charge in [-0.05, 0) is 45.6 Å². The third-order valence-corrected chi connectivity index (χ3v) is 4.05. The summed E-state index contributed by atoms with van der Waals surface area (Å²) >= 11 is 3.50. The average Bonchev–Trinajstić information content (AvgIpc) is 2.96. The lowest BCUT2D eigenvalue weighted by Gasteiger charge is -2.12. The maximum absolute atomic E-state index is 11.9. The summed E-state index contributed by atoms with van der Waals surface area (Å²) in [6.07, 6.45) is 1.24. The molecule has 2 aromatic rings. The number of hydrogen-bond donors (Lipinski definition) is 0. The molecule has 1 aliphatic heterocycles. The molecule has 4 heteroatoms. The van der Waals surface area contributed by atoms with Crippen LogP contribution in [0, 0.1) is 0 Å². The molecule has 1 heterocycles. The van der Waals surface area contributed by atoms with E-state index in [2.05, 4.69) is 15.9 Å². The number of carbonyl (C=O) groups excluding carboxylic acids is 1. The summed E-state index contributed by atoms with van der Waals surface area (Å²) in [4.78, 5) is 11.9. The van der Waals surface area contributed by atoms with Crippen molar-refractivity contribution in [1.29, 1.82) is 0 Å². The molecule has 1 saturated heterocycles. The van der Waals surface area contributed by atoms with Crippen LogP contribution in [0.15, 0.2) is 40.9 Å². The highest BCUT2D eigenvalue weighted by molar-refractivity contribution is 9.10. The topological polar surface area (TPSA) is 35.5 Å². The van der Waals surface area contributed by atoms with E-state index in [0.29, 0.717) is 12.4 Å². The number of hydrogen-bond acceptors (Lipinski definition) is 3. The second-order valence-corrected chi connectivity index (χ2v) is 5.31. The van der Waals surface area contributed by atoms with E-state index in [9.17, 15) is 4.79 Å². The van der Waals surface area contributed by atoms with Crippen molar-refractivity contribution in [1.82, 2.24) is 0 Å². The summed E-state index contributed by atoms with van der Waals surface area (Å²) in [5.74, 6) is 0.229. The van der Waals surface area contributed by atoms with Gasteiger partial charge in [-0.25, -0.2) is 4.79 Å². The van der Waals surface area contributed by atoms with E-state index in [1.165, 1.54) is 0 Å². The second-order valence-electron chi connectivity index (χ2n) is 4.52. The summed E-state index contributed by atoms with van der Waals surface area (Å²) in [5, 5.41) is 2.13. The van der Waals surface area contributed by atoms with Gasteiger partial charge in [0.2, 0.25) is 0 Å². The summed E-state index contributed by atoms with van der Waals surface area (Å²) in [6, 6.07) is 11.7. The van der Waals surface area contributed by atoms with Gasteiger partial charge in [-0.15, -0.1) is 0 Å². The van der Waals surface area contributed by atoms with Crippen LogP contribution in [0.25, 0.3) is 10.8 Å². The number of fused-ring (bicyclic) bond motifs is 1. The molecule has 0 spiro atoms. The van der Waals surface area contributed by atoms with Crippen LogP contribution in [0.1, 0.15) is 12.8 Å². The Hall–Kier alpha value is -1.39. The molecule has 0 saturated carbocycles. The molecule has 1 aliphatic rings. The molecule has 0 amide bonds. The maximum atomic E-state index is 11.9. The Morgan fingerprint density at radius 2 is 2.11 bits per heavy atom. The molecule has 0 aliphatic carbocycles. The molecule has 0 radical (unpaired) electrons. The van der Waals surface area contributed by atoms with Crippen LogP contribution in [0.5, 0.6) is 5.75 Å². The smallest absolute Gasteiger partial charge is 0.340 e. The van der Waals surface area contributed by atoms with Gasteiger partial charge in [0, 0.05) is 6.61 Å². The number of esters is 1. The van der Waals surface area contributed by atoms with Crippen molar-refractivity contribution in [2.24, 2.45) is 0 Å². The minimum atomic E-state index is -0.418. The van der Waals surface area contributed by atoms with Crippen LogP contribution < -0.4 is 4.74 Å². The molecule has 1 atom stereocenters. The van der Waals surface area contributed by atoms with E-state index in [1.54, 1.807) is 6.07 Å². The Balaban J connectivity index is 1.88. The molecule has 98 valence electrons. The normalized spacial score (nSPS) is 18.7. The Morgan fingerprint density at radius 3 is 2.89 bits per heavy atom. The molecule has 0 N–H and O–H groups in total. The van der Waals surface area contributed by atoms with E-state index in [-0.39, 0.29) is 5.97 Å². The van der Waals surface area contributed by atoms with Crippen LogP contribution in [0.3, 0.4) is 0 Å². The van der Waals surface area contributed by atoms with Crippen LogP contribution >= 0.6 is 15.9 Å². The zero-order valence-electron chi connectivity index (χ0n) is 10.3. The summed E-state index contributed by atoms with van der Waals surface area (Å²) in [6.45, 7) is 0.638. The second kappa shape index (κ2) is 5.31. The van der Waals surface area contributed by atoms with Crippen molar-refractivity contribution in [3.63, 3.8) is 0 Å². The maximum Gasteiger partial charge on any atom is 0.340 e. The molecule has 0 bridgehead atoms. The zero-order valence-corrected chi connectivity index (χ0v) is 11.9. The molecule has 19 heavy (non-hydrogen) atoms. The first-order chi connectivity index (χ1) is 9.25. The van der Waals surface area contributed by atoms with Crippen molar-refractivity contribution < 1.29 is 14.3 Å². The molecular weight excluding hydrogens is 308 g/mol. The highest BCUT2D eigenvalue weighted by Crippen LogP contribution is 2.33. The van der Waals surface area contributed by atoms with Crippen LogP contribution in [0.2, 0.25) is 0 Å². The van der Waals surface area contributed by atoms with Crippen molar-refractivity contribution in [2.75, 3.05) is 6.61 Å². The monoisotopic (exact) mass is 320 g/mol. The fraction of sp³-hybridized carbons (Fsp3) is 0.267. The molecule has 3 nitrogen and oxygen atoms in total. The van der Waals surface area contributed by atoms with Crippen LogP contribution in [-0.2, 0) is 9.53 Å². The highest BCUT2D eigenvalue weighted by atomic mass is 79.9. The Kier molecular flexibility index (Phi) is 3.53. The predicted octanol–water partition coefficient (Wildman–Crippen LogP) is 3.69. The number of benzene rings is 2. The molecule has 1 fully saturated rings. The van der Waals surface area contributed by atoms with E-state index in [0.717, 1.165) is 28.1 Å². The molecular formula is C15H13BrO3. The first-order valence-electron chi connectivity index (χ1n) is 6.26.